The van der Waals surface area contributed by atoms with E-state index < -0.39 is 11.9 Å². The molecule has 29 heavy (non-hydrogen) atoms. The molecule has 1 aliphatic heterocycles. The van der Waals surface area contributed by atoms with Crippen LogP contribution in [0.25, 0.3) is 0 Å². The Kier molecular flexibility index (Phi) is 7.53. The van der Waals surface area contributed by atoms with Crippen molar-refractivity contribution < 1.29 is 19.1 Å². The second-order valence-electron chi connectivity index (χ2n) is 7.17. The number of fused-ring (bicyclic) bond motifs is 1. The van der Waals surface area contributed by atoms with E-state index in [2.05, 4.69) is 13.2 Å². The molecule has 6 nitrogen and oxygen atoms in total. The summed E-state index contributed by atoms with van der Waals surface area (Å²) in [6.45, 7) is 11.8. The number of hydrogen-bond acceptors (Lipinski definition) is 4. The first-order valence-electron chi connectivity index (χ1n) is 9.62. The lowest BCUT2D eigenvalue weighted by Gasteiger charge is -2.24. The van der Waals surface area contributed by atoms with Crippen molar-refractivity contribution in [2.75, 3.05) is 6.61 Å². The number of carbonyl (C=O) groups is 3. The van der Waals surface area contributed by atoms with Crippen molar-refractivity contribution in [1.82, 2.24) is 4.90 Å². The Labute approximate surface area is 171 Å². The van der Waals surface area contributed by atoms with E-state index in [1.807, 2.05) is 19.1 Å². The van der Waals surface area contributed by atoms with Crippen LogP contribution in [0.2, 0.25) is 0 Å². The van der Waals surface area contributed by atoms with Crippen LogP contribution >= 0.6 is 0 Å². The van der Waals surface area contributed by atoms with Gasteiger partial charge in [0.15, 0.2) is 0 Å². The number of primary amides is 1. The molecule has 1 unspecified atom stereocenters. The predicted octanol–water partition coefficient (Wildman–Crippen LogP) is 3.32. The normalized spacial score (nSPS) is 14.0. The molecule has 2 rings (SSSR count). The molecule has 0 bridgehead atoms. The quantitative estimate of drug-likeness (QED) is 0.581. The number of hydrogen-bond donors (Lipinski definition) is 1. The summed E-state index contributed by atoms with van der Waals surface area (Å²) in [5.74, 6) is -0.390. The molecule has 2 amide bonds. The van der Waals surface area contributed by atoms with Gasteiger partial charge in [0.1, 0.15) is 24.2 Å². The van der Waals surface area contributed by atoms with E-state index in [4.69, 9.17) is 10.5 Å². The minimum absolute atomic E-state index is 0.0539. The smallest absolute Gasteiger partial charge is 0.255 e. The second-order valence-corrected chi connectivity index (χ2v) is 7.17. The van der Waals surface area contributed by atoms with Crippen LogP contribution in [0.15, 0.2) is 54.7 Å². The zero-order valence-electron chi connectivity index (χ0n) is 17.1. The van der Waals surface area contributed by atoms with Gasteiger partial charge in [-0.15, -0.1) is 0 Å². The van der Waals surface area contributed by atoms with Crippen LogP contribution in [-0.4, -0.2) is 35.1 Å². The molecule has 0 saturated heterocycles. The first-order chi connectivity index (χ1) is 13.7. The Morgan fingerprint density at radius 3 is 2.59 bits per heavy atom. The van der Waals surface area contributed by atoms with Gasteiger partial charge in [0, 0.05) is 17.5 Å². The maximum atomic E-state index is 12.8. The minimum atomic E-state index is -0.829. The Hall–Kier alpha value is -3.15. The van der Waals surface area contributed by atoms with Crippen LogP contribution in [0, 0.1) is 0 Å². The van der Waals surface area contributed by atoms with Crippen molar-refractivity contribution in [2.45, 2.75) is 45.7 Å². The van der Waals surface area contributed by atoms with E-state index in [0.717, 1.165) is 17.6 Å². The molecular weight excluding hydrogens is 368 g/mol. The highest BCUT2D eigenvalue weighted by molar-refractivity contribution is 6.01. The first kappa shape index (κ1) is 22.1. The molecule has 6 heteroatoms. The Balaban J connectivity index is 2.14. The van der Waals surface area contributed by atoms with E-state index in [9.17, 15) is 14.4 Å². The van der Waals surface area contributed by atoms with Crippen LogP contribution in [-0.2, 0) is 16.1 Å². The van der Waals surface area contributed by atoms with Crippen molar-refractivity contribution >= 4 is 17.6 Å². The fraction of sp³-hybridized carbons (Fsp3) is 0.348. The highest BCUT2D eigenvalue weighted by Gasteiger charge is 2.36. The molecule has 2 N–H and O–H groups in total. The van der Waals surface area contributed by atoms with Crippen LogP contribution in [0.3, 0.4) is 0 Å². The average molecular weight is 396 g/mol. The zero-order chi connectivity index (χ0) is 21.6. The molecule has 154 valence electrons. The topological polar surface area (TPSA) is 89.7 Å². The summed E-state index contributed by atoms with van der Waals surface area (Å²) in [6.07, 6.45) is 5.02. The molecule has 1 aromatic rings. The number of Topliss-reactive ketones (excluding diaryl/α,β-unsaturated/α-hetero) is 1. The molecule has 0 fully saturated rings. The summed E-state index contributed by atoms with van der Waals surface area (Å²) < 4.78 is 5.88. The van der Waals surface area contributed by atoms with E-state index in [0.29, 0.717) is 16.9 Å². The largest absolute Gasteiger partial charge is 0.489 e. The van der Waals surface area contributed by atoms with E-state index in [1.54, 1.807) is 18.2 Å². The minimum Gasteiger partial charge on any atom is -0.489 e. The lowest BCUT2D eigenvalue weighted by atomic mass is 10.1. The zero-order valence-corrected chi connectivity index (χ0v) is 17.1. The summed E-state index contributed by atoms with van der Waals surface area (Å²) in [6, 6.07) is 4.40. The summed E-state index contributed by atoms with van der Waals surface area (Å²) in [5, 5.41) is 0. The first-order valence-corrected chi connectivity index (χ1v) is 9.62. The number of nitrogens with zero attached hydrogens (tertiary/aromatic N) is 1. The van der Waals surface area contributed by atoms with Gasteiger partial charge in [-0.3, -0.25) is 9.59 Å². The van der Waals surface area contributed by atoms with Crippen LogP contribution < -0.4 is 10.5 Å². The SMILES string of the molecule is C=C(/C=C\C(=C)COc1cccc2c1CN(C(CCC(C)=O)C(N)=O)C2=O)CC. The third-order valence-electron chi connectivity index (χ3n) is 4.85. The van der Waals surface area contributed by atoms with Gasteiger partial charge in [-0.1, -0.05) is 43.9 Å². The van der Waals surface area contributed by atoms with E-state index in [-0.39, 0.29) is 37.7 Å². The summed E-state index contributed by atoms with van der Waals surface area (Å²) in [5.41, 5.74) is 8.47. The van der Waals surface area contributed by atoms with Gasteiger partial charge >= 0.3 is 0 Å². The van der Waals surface area contributed by atoms with Crippen molar-refractivity contribution in [2.24, 2.45) is 5.73 Å². The molecule has 0 spiro atoms. The standard InChI is InChI=1S/C23H28N2O4/c1-5-15(2)9-10-16(3)14-29-21-8-6-7-18-19(21)13-25(23(18)28)20(22(24)27)12-11-17(4)26/h6-10,20H,2-3,5,11-14H2,1,4H3,(H2,24,27)/b10-9-. The average Bonchev–Trinajstić information content (AvgIpc) is 3.01. The van der Waals surface area contributed by atoms with Crippen LogP contribution in [0.4, 0.5) is 0 Å². The summed E-state index contributed by atoms with van der Waals surface area (Å²) in [4.78, 5) is 37.5. The van der Waals surface area contributed by atoms with Gasteiger partial charge in [0.2, 0.25) is 5.91 Å². The lowest BCUT2D eigenvalue weighted by molar-refractivity contribution is -0.123. The summed E-state index contributed by atoms with van der Waals surface area (Å²) >= 11 is 0. The highest BCUT2D eigenvalue weighted by atomic mass is 16.5. The molecule has 0 aromatic heterocycles. The fourth-order valence-electron chi connectivity index (χ4n) is 3.08. The number of benzene rings is 1. The van der Waals surface area contributed by atoms with Gasteiger partial charge in [-0.05, 0) is 37.5 Å². The molecule has 0 saturated carbocycles. The van der Waals surface area contributed by atoms with Gasteiger partial charge in [-0.25, -0.2) is 0 Å². The van der Waals surface area contributed by atoms with Crippen molar-refractivity contribution in [1.29, 1.82) is 0 Å². The van der Waals surface area contributed by atoms with Crippen molar-refractivity contribution in [3.8, 4) is 5.75 Å². The molecule has 1 aromatic carbocycles. The van der Waals surface area contributed by atoms with Gasteiger partial charge in [-0.2, -0.15) is 0 Å². The number of carbonyl (C=O) groups excluding carboxylic acids is 3. The van der Waals surface area contributed by atoms with Crippen molar-refractivity contribution in [3.05, 3.63) is 65.8 Å². The predicted molar refractivity (Wildman–Crippen MR) is 112 cm³/mol. The number of nitrogens with two attached hydrogens (primary N) is 1. The summed E-state index contributed by atoms with van der Waals surface area (Å²) in [7, 11) is 0. The Bertz CT molecular complexity index is 870. The number of ether oxygens (including phenoxy) is 1. The maximum Gasteiger partial charge on any atom is 0.255 e. The van der Waals surface area contributed by atoms with E-state index >= 15 is 0 Å². The Morgan fingerprint density at radius 1 is 1.28 bits per heavy atom. The number of ketones is 1. The van der Waals surface area contributed by atoms with Gasteiger partial charge in [0.05, 0.1) is 6.54 Å². The highest BCUT2D eigenvalue weighted by Crippen LogP contribution is 2.33. The molecule has 1 atom stereocenters. The number of amides is 2. The van der Waals surface area contributed by atoms with E-state index in [1.165, 1.54) is 11.8 Å². The number of rotatable bonds is 11. The van der Waals surface area contributed by atoms with Crippen molar-refractivity contribution in [3.63, 3.8) is 0 Å². The van der Waals surface area contributed by atoms with Gasteiger partial charge < -0.3 is 20.2 Å². The van der Waals surface area contributed by atoms with Gasteiger partial charge in [0.25, 0.3) is 5.91 Å². The second kappa shape index (κ2) is 9.87. The molecule has 1 heterocycles. The third kappa shape index (κ3) is 5.67. The Morgan fingerprint density at radius 2 is 1.97 bits per heavy atom. The number of allylic oxidation sites excluding steroid dienone is 2. The fourth-order valence-corrected chi connectivity index (χ4v) is 3.08. The molecule has 0 radical (unpaired) electrons. The molecule has 0 aliphatic carbocycles. The van der Waals surface area contributed by atoms with Crippen LogP contribution in [0.1, 0.15) is 49.0 Å². The molecular formula is C23H28N2O4. The monoisotopic (exact) mass is 396 g/mol. The third-order valence-corrected chi connectivity index (χ3v) is 4.85. The maximum absolute atomic E-state index is 12.8. The lowest BCUT2D eigenvalue weighted by Crippen LogP contribution is -2.45. The molecule has 1 aliphatic rings. The van der Waals surface area contributed by atoms with Crippen LogP contribution in [0.5, 0.6) is 5.75 Å².